The number of hydroxylamine groups is 1. The molecule has 4 heteroatoms. The van der Waals surface area contributed by atoms with Crippen molar-refractivity contribution in [3.8, 4) is 11.5 Å². The summed E-state index contributed by atoms with van der Waals surface area (Å²) in [5.41, 5.74) is 4.29. The second-order valence-corrected chi connectivity index (χ2v) is 4.98. The fraction of sp³-hybridized carbons (Fsp3) is 0.571. The molecule has 1 heterocycles. The highest BCUT2D eigenvalue weighted by molar-refractivity contribution is 5.45. The average molecular weight is 249 g/mol. The van der Waals surface area contributed by atoms with E-state index in [1.54, 1.807) is 0 Å². The Morgan fingerprint density at radius 2 is 2.00 bits per heavy atom. The Morgan fingerprint density at radius 1 is 1.22 bits per heavy atom. The van der Waals surface area contributed by atoms with E-state index < -0.39 is 0 Å². The van der Waals surface area contributed by atoms with Crippen LogP contribution >= 0.6 is 0 Å². The maximum atomic E-state index is 5.72. The summed E-state index contributed by atoms with van der Waals surface area (Å²) >= 11 is 0. The molecule has 2 aliphatic rings. The molecule has 18 heavy (non-hydrogen) atoms. The summed E-state index contributed by atoms with van der Waals surface area (Å²) in [5.74, 6) is 1.64. The minimum Gasteiger partial charge on any atom is -0.454 e. The van der Waals surface area contributed by atoms with E-state index in [1.807, 2.05) is 18.2 Å². The number of hydrogen-bond donors (Lipinski definition) is 1. The minimum atomic E-state index is 0.153. The van der Waals surface area contributed by atoms with Crippen molar-refractivity contribution in [1.29, 1.82) is 0 Å². The molecule has 0 spiro atoms. The zero-order valence-electron chi connectivity index (χ0n) is 10.6. The van der Waals surface area contributed by atoms with Crippen LogP contribution in [0.5, 0.6) is 11.5 Å². The first-order valence-electron chi connectivity index (χ1n) is 6.63. The molecule has 3 rings (SSSR count). The van der Waals surface area contributed by atoms with E-state index in [4.69, 9.17) is 14.3 Å². The highest BCUT2D eigenvalue weighted by atomic mass is 16.7. The van der Waals surface area contributed by atoms with Gasteiger partial charge in [0, 0.05) is 0 Å². The molecule has 1 N–H and O–H groups in total. The first-order chi connectivity index (χ1) is 8.83. The summed E-state index contributed by atoms with van der Waals surface area (Å²) in [6.07, 6.45) is 5.28. The van der Waals surface area contributed by atoms with Crippen molar-refractivity contribution in [2.24, 2.45) is 0 Å². The van der Waals surface area contributed by atoms with Gasteiger partial charge in [-0.1, -0.05) is 18.9 Å². The van der Waals surface area contributed by atoms with Gasteiger partial charge < -0.3 is 9.47 Å². The molecule has 98 valence electrons. The lowest BCUT2D eigenvalue weighted by Gasteiger charge is -2.18. The largest absolute Gasteiger partial charge is 0.454 e. The van der Waals surface area contributed by atoms with Gasteiger partial charge in [0.2, 0.25) is 6.79 Å². The second-order valence-electron chi connectivity index (χ2n) is 4.98. The van der Waals surface area contributed by atoms with Gasteiger partial charge >= 0.3 is 0 Å². The van der Waals surface area contributed by atoms with Crippen molar-refractivity contribution in [1.82, 2.24) is 5.48 Å². The monoisotopic (exact) mass is 249 g/mol. The number of rotatable bonds is 4. The van der Waals surface area contributed by atoms with Gasteiger partial charge in [0.1, 0.15) is 0 Å². The van der Waals surface area contributed by atoms with Crippen LogP contribution in [0, 0.1) is 0 Å². The van der Waals surface area contributed by atoms with Gasteiger partial charge in [0.25, 0.3) is 0 Å². The Morgan fingerprint density at radius 3 is 2.83 bits per heavy atom. The maximum absolute atomic E-state index is 5.72. The zero-order valence-corrected chi connectivity index (χ0v) is 10.6. The molecule has 0 radical (unpaired) electrons. The van der Waals surface area contributed by atoms with Crippen molar-refractivity contribution < 1.29 is 14.3 Å². The lowest BCUT2D eigenvalue weighted by Crippen LogP contribution is -2.24. The molecule has 1 saturated carbocycles. The fourth-order valence-electron chi connectivity index (χ4n) is 2.46. The normalized spacial score (nSPS) is 20.3. The van der Waals surface area contributed by atoms with Crippen molar-refractivity contribution in [3.63, 3.8) is 0 Å². The molecule has 0 saturated heterocycles. The van der Waals surface area contributed by atoms with Crippen molar-refractivity contribution in [3.05, 3.63) is 23.8 Å². The molecular formula is C14H19NO3. The number of ether oxygens (including phenoxy) is 2. The van der Waals surface area contributed by atoms with E-state index in [-0.39, 0.29) is 6.04 Å². The summed E-state index contributed by atoms with van der Waals surface area (Å²) in [7, 11) is 0. The third kappa shape index (κ3) is 2.44. The molecule has 1 aromatic rings. The van der Waals surface area contributed by atoms with Gasteiger partial charge in [-0.2, -0.15) is 5.48 Å². The third-order valence-corrected chi connectivity index (χ3v) is 3.61. The first-order valence-corrected chi connectivity index (χ1v) is 6.63. The minimum absolute atomic E-state index is 0.153. The molecule has 1 aliphatic carbocycles. The van der Waals surface area contributed by atoms with Crippen LogP contribution in [-0.2, 0) is 4.84 Å². The van der Waals surface area contributed by atoms with Gasteiger partial charge in [-0.3, -0.25) is 4.84 Å². The van der Waals surface area contributed by atoms with E-state index in [0.29, 0.717) is 12.9 Å². The van der Waals surface area contributed by atoms with Crippen LogP contribution in [0.15, 0.2) is 18.2 Å². The van der Waals surface area contributed by atoms with Gasteiger partial charge in [0.05, 0.1) is 12.1 Å². The van der Waals surface area contributed by atoms with Crippen molar-refractivity contribution in [2.75, 3.05) is 6.79 Å². The van der Waals surface area contributed by atoms with Crippen LogP contribution < -0.4 is 15.0 Å². The smallest absolute Gasteiger partial charge is 0.231 e. The van der Waals surface area contributed by atoms with E-state index >= 15 is 0 Å². The molecule has 4 nitrogen and oxygen atoms in total. The number of hydrogen-bond acceptors (Lipinski definition) is 4. The van der Waals surface area contributed by atoms with Crippen LogP contribution in [0.2, 0.25) is 0 Å². The van der Waals surface area contributed by atoms with E-state index in [0.717, 1.165) is 17.1 Å². The van der Waals surface area contributed by atoms with Crippen LogP contribution in [0.3, 0.4) is 0 Å². The van der Waals surface area contributed by atoms with E-state index in [2.05, 4.69) is 12.4 Å². The predicted octanol–water partition coefficient (Wildman–Crippen LogP) is 2.94. The highest BCUT2D eigenvalue weighted by Gasteiger charge is 2.19. The molecule has 1 unspecified atom stereocenters. The van der Waals surface area contributed by atoms with Gasteiger partial charge in [-0.15, -0.1) is 0 Å². The Bertz CT molecular complexity index is 416. The van der Waals surface area contributed by atoms with Gasteiger partial charge in [-0.05, 0) is 37.5 Å². The van der Waals surface area contributed by atoms with Crippen molar-refractivity contribution in [2.45, 2.75) is 44.8 Å². The average Bonchev–Trinajstić information content (AvgIpc) is 3.05. The molecule has 0 bridgehead atoms. The lowest BCUT2D eigenvalue weighted by molar-refractivity contribution is -0.0377. The summed E-state index contributed by atoms with van der Waals surface area (Å²) in [6, 6.07) is 6.16. The van der Waals surface area contributed by atoms with E-state index in [1.165, 1.54) is 25.7 Å². The quantitative estimate of drug-likeness (QED) is 0.833. The first kappa shape index (κ1) is 11.8. The molecule has 1 aromatic carbocycles. The Labute approximate surface area is 107 Å². The molecule has 1 atom stereocenters. The standard InChI is InChI=1S/C14H19NO3/c1-10(15-18-12-4-2-3-5-12)11-6-7-13-14(8-11)17-9-16-13/h6-8,10,12,15H,2-5,9H2,1H3. The fourth-order valence-corrected chi connectivity index (χ4v) is 2.46. The Kier molecular flexibility index (Phi) is 3.39. The number of nitrogens with one attached hydrogen (secondary N) is 1. The predicted molar refractivity (Wildman–Crippen MR) is 67.5 cm³/mol. The third-order valence-electron chi connectivity index (χ3n) is 3.61. The summed E-state index contributed by atoms with van der Waals surface area (Å²) in [4.78, 5) is 5.72. The van der Waals surface area contributed by atoms with Crippen LogP contribution in [-0.4, -0.2) is 12.9 Å². The zero-order chi connectivity index (χ0) is 12.4. The van der Waals surface area contributed by atoms with Crippen LogP contribution in [0.25, 0.3) is 0 Å². The summed E-state index contributed by atoms with van der Waals surface area (Å²) in [6.45, 7) is 2.41. The topological polar surface area (TPSA) is 39.7 Å². The van der Waals surface area contributed by atoms with Crippen LogP contribution in [0.1, 0.15) is 44.2 Å². The summed E-state index contributed by atoms with van der Waals surface area (Å²) in [5, 5.41) is 0. The van der Waals surface area contributed by atoms with Gasteiger partial charge in [-0.25, -0.2) is 0 Å². The molecular weight excluding hydrogens is 230 g/mol. The summed E-state index contributed by atoms with van der Waals surface area (Å²) < 4.78 is 10.7. The molecule has 1 aliphatic heterocycles. The molecule has 1 fully saturated rings. The van der Waals surface area contributed by atoms with Crippen molar-refractivity contribution >= 4 is 0 Å². The lowest BCUT2D eigenvalue weighted by atomic mass is 10.1. The number of benzene rings is 1. The van der Waals surface area contributed by atoms with E-state index in [9.17, 15) is 0 Å². The Balaban J connectivity index is 1.59. The maximum Gasteiger partial charge on any atom is 0.231 e. The van der Waals surface area contributed by atoms with Gasteiger partial charge in [0.15, 0.2) is 11.5 Å². The SMILES string of the molecule is CC(NOC1CCCC1)c1ccc2c(c1)OCO2. The molecule has 0 aromatic heterocycles. The second kappa shape index (κ2) is 5.16. The Hall–Kier alpha value is -1.26. The highest BCUT2D eigenvalue weighted by Crippen LogP contribution is 2.34. The van der Waals surface area contributed by atoms with Crippen LogP contribution in [0.4, 0.5) is 0 Å². The molecule has 0 amide bonds. The number of fused-ring (bicyclic) bond motifs is 1.